The van der Waals surface area contributed by atoms with Gasteiger partial charge in [-0.15, -0.1) is 0 Å². The molecular weight excluding hydrogens is 825 g/mol. The van der Waals surface area contributed by atoms with Gasteiger partial charge in [-0.05, 0) is 122 Å². The number of aliphatic hydroxyl groups is 4. The van der Waals surface area contributed by atoms with Crippen LogP contribution in [0.1, 0.15) is 116 Å². The second-order valence-electron chi connectivity index (χ2n) is 19.7. The van der Waals surface area contributed by atoms with Crippen molar-refractivity contribution in [1.82, 2.24) is 5.32 Å². The van der Waals surface area contributed by atoms with Crippen LogP contribution >= 0.6 is 0 Å². The Morgan fingerprint density at radius 2 is 1.66 bits per heavy atom. The van der Waals surface area contributed by atoms with Crippen molar-refractivity contribution in [2.75, 3.05) is 25.5 Å². The molecule has 6 aliphatic rings. The number of fused-ring (bicyclic) bond motifs is 9. The number of Topliss-reactive ketones (excluding diaryl/α,β-unsaturated/α-hetero) is 1. The normalized spacial score (nSPS) is 32.7. The van der Waals surface area contributed by atoms with Crippen LogP contribution in [0.4, 0.5) is 5.69 Å². The summed E-state index contributed by atoms with van der Waals surface area (Å²) in [5, 5.41) is 65.3. The van der Waals surface area contributed by atoms with Gasteiger partial charge in [0.15, 0.2) is 0 Å². The number of hydrogen-bond donors (Lipinski definition) is 7. The first-order valence-corrected chi connectivity index (χ1v) is 23.7. The predicted octanol–water partition coefficient (Wildman–Crippen LogP) is 5.71. The molecule has 344 valence electrons. The lowest BCUT2D eigenvalue weighted by molar-refractivity contribution is -0.228. The first-order chi connectivity index (χ1) is 31.3. The number of benzene rings is 3. The molecular formula is C53H62N2O10. The second-order valence-corrected chi connectivity index (χ2v) is 19.7. The predicted molar refractivity (Wildman–Crippen MR) is 243 cm³/mol. The maximum Gasteiger partial charge on any atom is 0.334 e. The summed E-state index contributed by atoms with van der Waals surface area (Å²) in [5.41, 5.74) is 3.21. The highest BCUT2D eigenvalue weighted by Gasteiger charge is 2.62. The molecule has 0 unspecified atom stereocenters. The van der Waals surface area contributed by atoms with Crippen molar-refractivity contribution in [3.63, 3.8) is 0 Å². The number of phenols is 1. The van der Waals surface area contributed by atoms with Crippen molar-refractivity contribution in [1.29, 1.82) is 0 Å². The van der Waals surface area contributed by atoms with Gasteiger partial charge in [-0.25, -0.2) is 4.79 Å². The fourth-order valence-electron chi connectivity index (χ4n) is 12.3. The molecule has 65 heavy (non-hydrogen) atoms. The minimum absolute atomic E-state index is 0.0446. The van der Waals surface area contributed by atoms with Crippen LogP contribution in [0.5, 0.6) is 11.5 Å². The molecule has 10 bridgehead atoms. The highest BCUT2D eigenvalue weighted by molar-refractivity contribution is 5.89. The highest BCUT2D eigenvalue weighted by atomic mass is 16.6. The van der Waals surface area contributed by atoms with E-state index in [1.54, 1.807) is 20.0 Å². The van der Waals surface area contributed by atoms with Crippen LogP contribution in [-0.4, -0.2) is 87.3 Å². The number of ketones is 1. The lowest BCUT2D eigenvalue weighted by atomic mass is 9.48. The molecule has 3 aromatic carbocycles. The van der Waals surface area contributed by atoms with E-state index in [9.17, 15) is 35.1 Å². The number of nitrogens with one attached hydrogen (secondary N) is 2. The average molecular weight is 887 g/mol. The average Bonchev–Trinajstić information content (AvgIpc) is 3.28. The quantitative estimate of drug-likeness (QED) is 0.0869. The largest absolute Gasteiger partial charge is 0.508 e. The van der Waals surface area contributed by atoms with Crippen LogP contribution in [0.2, 0.25) is 0 Å². The van der Waals surface area contributed by atoms with E-state index < -0.39 is 53.8 Å². The van der Waals surface area contributed by atoms with E-state index in [0.717, 1.165) is 43.2 Å². The molecule has 3 aliphatic heterocycles. The zero-order chi connectivity index (χ0) is 45.6. The minimum Gasteiger partial charge on any atom is -0.508 e. The molecule has 3 heterocycles. The number of carbonyl (C=O) groups excluding carboxylic acids is 3. The summed E-state index contributed by atoms with van der Waals surface area (Å²) >= 11 is 0. The van der Waals surface area contributed by atoms with E-state index in [1.165, 1.54) is 12.1 Å². The third-order valence-corrected chi connectivity index (χ3v) is 15.3. The summed E-state index contributed by atoms with van der Waals surface area (Å²) in [6.45, 7) is 2.14. The molecule has 0 spiro atoms. The van der Waals surface area contributed by atoms with Crippen LogP contribution in [0.25, 0.3) is 0 Å². The molecule has 0 saturated heterocycles. The van der Waals surface area contributed by atoms with E-state index in [-0.39, 0.29) is 91.2 Å². The van der Waals surface area contributed by atoms with Gasteiger partial charge in [0.25, 0.3) is 0 Å². The number of anilines is 1. The fourth-order valence-corrected chi connectivity index (χ4v) is 12.3. The summed E-state index contributed by atoms with van der Waals surface area (Å²) in [6.07, 6.45) is 3.20. The van der Waals surface area contributed by atoms with Gasteiger partial charge >= 0.3 is 11.9 Å². The Labute approximate surface area is 380 Å². The standard InChI is InChI=1S/C53H62N2O10/c1-29(56)27-55-39-19-35(18-36(20-39)48(60)28-54-2)32-10-11-33-25-51(61)64-49-26-47(59)37(23-41(33)49)24-50-53(63)44-9-4-3-8-34(44)22-42-43(46(58)13-12-45(42)53)16-31-7-5-6-30(14-31)15-40(57)21-38(17-32)52(62)65-50/h5-7,14,18-21,23,26,29,32-34,40,42-45,48,50,54-57,59-60,63H,3-4,8-9,12-13,15-17,22,24-25,27-28H2,1-2H3/b38-21-/t29-,32-,33+,34-,40+,42+,43-,44+,45+,48-,50+,53-/m0/s1. The van der Waals surface area contributed by atoms with Gasteiger partial charge in [-0.3, -0.25) is 9.59 Å². The third kappa shape index (κ3) is 9.23. The summed E-state index contributed by atoms with van der Waals surface area (Å²) < 4.78 is 12.5. The number of carbonyl (C=O) groups is 3. The van der Waals surface area contributed by atoms with Crippen molar-refractivity contribution < 1.29 is 49.4 Å². The van der Waals surface area contributed by atoms with Gasteiger partial charge in [0.2, 0.25) is 0 Å². The van der Waals surface area contributed by atoms with Crippen LogP contribution in [0, 0.1) is 41.4 Å². The van der Waals surface area contributed by atoms with E-state index in [2.05, 4.69) is 22.5 Å². The smallest absolute Gasteiger partial charge is 0.334 e. The van der Waals surface area contributed by atoms with E-state index in [0.29, 0.717) is 47.2 Å². The SMILES string of the molecule is CNC[C@H](O)c1cc(NC[C@H](C)O)cc([C@H]2C#C[C@@H]3CC(=O)Oc4cc(O)c(cc43)C[C@H]3OC(=O)/C(=C\[C@H](O)Cc4cccc(c4)C[C@@H]4C(=O)CC[C@@H]5[C@@H]4C[C@@H]4CCCC[C@H]4[C@]53O)C2)c1. The van der Waals surface area contributed by atoms with Crippen LogP contribution in [0.15, 0.2) is 66.2 Å². The van der Waals surface area contributed by atoms with E-state index >= 15 is 4.79 Å². The van der Waals surface area contributed by atoms with Crippen LogP contribution in [0.3, 0.4) is 0 Å². The molecule has 0 radical (unpaired) electrons. The van der Waals surface area contributed by atoms with E-state index in [1.807, 2.05) is 42.5 Å². The number of phenolic OH excluding ortho intramolecular Hbond substituents is 1. The molecule has 0 aromatic heterocycles. The third-order valence-electron chi connectivity index (χ3n) is 15.3. The molecule has 3 fully saturated rings. The topological polar surface area (TPSA) is 195 Å². The second kappa shape index (κ2) is 18.7. The zero-order valence-electron chi connectivity index (χ0n) is 37.3. The van der Waals surface area contributed by atoms with Crippen LogP contribution < -0.4 is 15.4 Å². The molecule has 0 amide bonds. The molecule has 3 aromatic rings. The Kier molecular flexibility index (Phi) is 13.0. The lowest BCUT2D eigenvalue weighted by Gasteiger charge is -2.59. The molecule has 7 N–H and O–H groups in total. The minimum atomic E-state index is -1.58. The number of hydrogen-bond acceptors (Lipinski definition) is 12. The van der Waals surface area contributed by atoms with Crippen molar-refractivity contribution in [3.8, 4) is 23.3 Å². The Bertz CT molecular complexity index is 2420. The number of likely N-dealkylation sites (N-methyl/N-ethyl adjacent to an activating group) is 1. The maximum atomic E-state index is 15.3. The Morgan fingerprint density at radius 1 is 0.877 bits per heavy atom. The number of aromatic hydroxyl groups is 1. The summed E-state index contributed by atoms with van der Waals surface area (Å²) in [6, 6.07) is 16.6. The van der Waals surface area contributed by atoms with Crippen molar-refractivity contribution >= 4 is 23.4 Å². The van der Waals surface area contributed by atoms with Crippen molar-refractivity contribution in [2.45, 2.75) is 126 Å². The highest BCUT2D eigenvalue weighted by Crippen LogP contribution is 2.59. The number of aliphatic hydroxyl groups excluding tert-OH is 3. The monoisotopic (exact) mass is 886 g/mol. The Morgan fingerprint density at radius 3 is 2.46 bits per heavy atom. The molecule has 3 aliphatic carbocycles. The molecule has 12 atom stereocenters. The number of esters is 2. The van der Waals surface area contributed by atoms with Crippen molar-refractivity contribution in [3.05, 3.63) is 99.6 Å². The van der Waals surface area contributed by atoms with Crippen molar-refractivity contribution in [2.24, 2.45) is 29.6 Å². The lowest BCUT2D eigenvalue weighted by Crippen LogP contribution is -2.65. The summed E-state index contributed by atoms with van der Waals surface area (Å²) in [7, 11) is 1.74. The van der Waals surface area contributed by atoms with Gasteiger partial charge in [0, 0.05) is 67.1 Å². The zero-order valence-corrected chi connectivity index (χ0v) is 37.3. The molecule has 12 nitrogen and oxygen atoms in total. The van der Waals surface area contributed by atoms with Gasteiger partial charge in [0.1, 0.15) is 29.0 Å². The Balaban J connectivity index is 1.26. The number of rotatable bonds is 7. The van der Waals surface area contributed by atoms with Gasteiger partial charge in [0.05, 0.1) is 30.7 Å². The first-order valence-electron chi connectivity index (χ1n) is 23.7. The van der Waals surface area contributed by atoms with Crippen LogP contribution in [-0.2, 0) is 38.4 Å². The molecule has 9 rings (SSSR count). The van der Waals surface area contributed by atoms with Gasteiger partial charge in [-0.2, -0.15) is 0 Å². The fraction of sp³-hybridized carbons (Fsp3) is 0.528. The number of ether oxygens (including phenoxy) is 2. The van der Waals surface area contributed by atoms with Gasteiger partial charge < -0.3 is 45.6 Å². The van der Waals surface area contributed by atoms with E-state index in [4.69, 9.17) is 9.47 Å². The molecule has 12 heteroatoms. The summed E-state index contributed by atoms with van der Waals surface area (Å²) in [4.78, 5) is 42.6. The Hall–Kier alpha value is -5.03. The first kappa shape index (κ1) is 45.1. The molecule has 3 saturated carbocycles. The maximum absolute atomic E-state index is 15.3. The summed E-state index contributed by atoms with van der Waals surface area (Å²) in [5.74, 6) is 3.27. The van der Waals surface area contributed by atoms with Gasteiger partial charge in [-0.1, -0.05) is 61.4 Å².